The van der Waals surface area contributed by atoms with Crippen LogP contribution < -0.4 is 10.6 Å². The van der Waals surface area contributed by atoms with Crippen LogP contribution in [0.3, 0.4) is 0 Å². The van der Waals surface area contributed by atoms with Gasteiger partial charge in [-0.15, -0.1) is 0 Å². The molecule has 17 heavy (non-hydrogen) atoms. The highest BCUT2D eigenvalue weighted by Gasteiger charge is 2.28. The molecule has 0 unspecified atom stereocenters. The summed E-state index contributed by atoms with van der Waals surface area (Å²) in [6.45, 7) is 5.89. The van der Waals surface area contributed by atoms with Crippen LogP contribution in [0.15, 0.2) is 18.3 Å². The normalized spacial score (nSPS) is 18.7. The molecule has 0 aliphatic carbocycles. The molecule has 0 spiro atoms. The summed E-state index contributed by atoms with van der Waals surface area (Å²) in [5.41, 5.74) is 1.36. The summed E-state index contributed by atoms with van der Waals surface area (Å²) in [7, 11) is 0. The van der Waals surface area contributed by atoms with E-state index in [1.54, 1.807) is 12.3 Å². The summed E-state index contributed by atoms with van der Waals surface area (Å²) in [4.78, 5) is 16.3. The monoisotopic (exact) mass is 233 g/mol. The van der Waals surface area contributed by atoms with Crippen molar-refractivity contribution in [1.82, 2.24) is 15.6 Å². The first-order valence-electron chi connectivity index (χ1n) is 6.06. The lowest BCUT2D eigenvalue weighted by Crippen LogP contribution is -2.52. The van der Waals surface area contributed by atoms with Gasteiger partial charge in [-0.1, -0.05) is 0 Å². The molecule has 1 aromatic heterocycles. The van der Waals surface area contributed by atoms with Crippen molar-refractivity contribution in [2.45, 2.75) is 32.2 Å². The first-order valence-corrected chi connectivity index (χ1v) is 6.06. The molecule has 1 aliphatic heterocycles. The molecule has 0 aromatic carbocycles. The van der Waals surface area contributed by atoms with E-state index >= 15 is 0 Å². The van der Waals surface area contributed by atoms with E-state index in [9.17, 15) is 4.79 Å². The summed E-state index contributed by atoms with van der Waals surface area (Å²) in [6.07, 6.45) is 3.65. The largest absolute Gasteiger partial charge is 0.347 e. The Morgan fingerprint density at radius 1 is 1.47 bits per heavy atom. The smallest absolute Gasteiger partial charge is 0.253 e. The molecule has 0 atom stereocenters. The predicted octanol–water partition coefficient (Wildman–Crippen LogP) is 1.26. The molecule has 0 bridgehead atoms. The lowest BCUT2D eigenvalue weighted by Gasteiger charge is -2.35. The van der Waals surface area contributed by atoms with Crippen molar-refractivity contribution in [3.63, 3.8) is 0 Å². The molecule has 1 aliphatic rings. The highest BCUT2D eigenvalue weighted by atomic mass is 16.1. The standard InChI is InChI=1S/C13H19N3O/c1-10-11(4-3-7-15-10)12(17)16-13(2)5-8-14-9-6-13/h3-4,7,14H,5-6,8-9H2,1-2H3,(H,16,17). The summed E-state index contributed by atoms with van der Waals surface area (Å²) in [5.74, 6) is -0.0139. The minimum absolute atomic E-state index is 0.0139. The Bertz CT molecular complexity index is 411. The van der Waals surface area contributed by atoms with Crippen molar-refractivity contribution in [2.75, 3.05) is 13.1 Å². The second kappa shape index (κ2) is 4.84. The molecule has 1 amide bonds. The van der Waals surface area contributed by atoms with Gasteiger partial charge in [-0.3, -0.25) is 9.78 Å². The van der Waals surface area contributed by atoms with Crippen LogP contribution in [0.2, 0.25) is 0 Å². The van der Waals surface area contributed by atoms with Crippen molar-refractivity contribution >= 4 is 5.91 Å². The highest BCUT2D eigenvalue weighted by Crippen LogP contribution is 2.18. The van der Waals surface area contributed by atoms with Crippen molar-refractivity contribution < 1.29 is 4.79 Å². The molecule has 92 valence electrons. The summed E-state index contributed by atoms with van der Waals surface area (Å²) in [6, 6.07) is 3.62. The maximum absolute atomic E-state index is 12.2. The molecular weight excluding hydrogens is 214 g/mol. The SMILES string of the molecule is Cc1ncccc1C(=O)NC1(C)CCNCC1. The summed E-state index contributed by atoms with van der Waals surface area (Å²) in [5, 5.41) is 6.43. The number of carbonyl (C=O) groups is 1. The van der Waals surface area contributed by atoms with Gasteiger partial charge in [0, 0.05) is 17.4 Å². The van der Waals surface area contributed by atoms with E-state index in [2.05, 4.69) is 22.5 Å². The van der Waals surface area contributed by atoms with Crippen LogP contribution in [0, 0.1) is 6.92 Å². The van der Waals surface area contributed by atoms with Crippen LogP contribution >= 0.6 is 0 Å². The zero-order valence-electron chi connectivity index (χ0n) is 10.4. The van der Waals surface area contributed by atoms with Crippen LogP contribution in [0.25, 0.3) is 0 Å². The number of piperidine rings is 1. The Kier molecular flexibility index (Phi) is 3.43. The molecular formula is C13H19N3O. The molecule has 1 aromatic rings. The van der Waals surface area contributed by atoms with E-state index < -0.39 is 0 Å². The van der Waals surface area contributed by atoms with Gasteiger partial charge in [0.25, 0.3) is 5.91 Å². The Morgan fingerprint density at radius 3 is 2.82 bits per heavy atom. The number of nitrogens with zero attached hydrogens (tertiary/aromatic N) is 1. The number of aromatic nitrogens is 1. The fourth-order valence-electron chi connectivity index (χ4n) is 2.17. The molecule has 4 nitrogen and oxygen atoms in total. The van der Waals surface area contributed by atoms with Crippen molar-refractivity contribution in [3.8, 4) is 0 Å². The van der Waals surface area contributed by atoms with Crippen LogP contribution in [0.1, 0.15) is 35.8 Å². The van der Waals surface area contributed by atoms with Gasteiger partial charge in [-0.25, -0.2) is 0 Å². The fourth-order valence-corrected chi connectivity index (χ4v) is 2.17. The van der Waals surface area contributed by atoms with Gasteiger partial charge in [0.2, 0.25) is 0 Å². The Morgan fingerprint density at radius 2 is 2.18 bits per heavy atom. The van der Waals surface area contributed by atoms with E-state index in [1.165, 1.54) is 0 Å². The molecule has 1 fully saturated rings. The number of nitrogens with one attached hydrogen (secondary N) is 2. The third-order valence-corrected chi connectivity index (χ3v) is 3.37. The summed E-state index contributed by atoms with van der Waals surface area (Å²) < 4.78 is 0. The third-order valence-electron chi connectivity index (χ3n) is 3.37. The molecule has 4 heteroatoms. The number of hydrogen-bond acceptors (Lipinski definition) is 3. The number of hydrogen-bond donors (Lipinski definition) is 2. The fraction of sp³-hybridized carbons (Fsp3) is 0.538. The molecule has 0 radical (unpaired) electrons. The van der Waals surface area contributed by atoms with E-state index in [4.69, 9.17) is 0 Å². The average Bonchev–Trinajstić information content (AvgIpc) is 2.29. The maximum atomic E-state index is 12.2. The molecule has 2 N–H and O–H groups in total. The quantitative estimate of drug-likeness (QED) is 0.808. The number of rotatable bonds is 2. The van der Waals surface area contributed by atoms with Crippen LogP contribution in [-0.2, 0) is 0 Å². The molecule has 1 saturated heterocycles. The number of pyridine rings is 1. The first kappa shape index (κ1) is 12.0. The van der Waals surface area contributed by atoms with E-state index in [0.717, 1.165) is 31.6 Å². The van der Waals surface area contributed by atoms with Crippen LogP contribution in [-0.4, -0.2) is 29.5 Å². The molecule has 0 saturated carbocycles. The molecule has 2 heterocycles. The van der Waals surface area contributed by atoms with E-state index in [-0.39, 0.29) is 11.4 Å². The Hall–Kier alpha value is -1.42. The highest BCUT2D eigenvalue weighted by molar-refractivity contribution is 5.95. The second-order valence-corrected chi connectivity index (χ2v) is 4.90. The second-order valence-electron chi connectivity index (χ2n) is 4.90. The number of carbonyl (C=O) groups excluding carboxylic acids is 1. The topological polar surface area (TPSA) is 54.0 Å². The van der Waals surface area contributed by atoms with E-state index in [1.807, 2.05) is 13.0 Å². The minimum atomic E-state index is -0.0926. The van der Waals surface area contributed by atoms with Gasteiger partial charge in [0.15, 0.2) is 0 Å². The predicted molar refractivity (Wildman–Crippen MR) is 66.9 cm³/mol. The van der Waals surface area contributed by atoms with Crippen molar-refractivity contribution in [1.29, 1.82) is 0 Å². The van der Waals surface area contributed by atoms with Crippen molar-refractivity contribution in [3.05, 3.63) is 29.6 Å². The zero-order valence-corrected chi connectivity index (χ0v) is 10.4. The van der Waals surface area contributed by atoms with E-state index in [0.29, 0.717) is 5.56 Å². The van der Waals surface area contributed by atoms with Gasteiger partial charge >= 0.3 is 0 Å². The minimum Gasteiger partial charge on any atom is -0.347 e. The lowest BCUT2D eigenvalue weighted by atomic mass is 9.90. The van der Waals surface area contributed by atoms with Gasteiger partial charge in [0.1, 0.15) is 0 Å². The number of aryl methyl sites for hydroxylation is 1. The van der Waals surface area contributed by atoms with Gasteiger partial charge in [0.05, 0.1) is 5.56 Å². The third kappa shape index (κ3) is 2.82. The van der Waals surface area contributed by atoms with Gasteiger partial charge < -0.3 is 10.6 Å². The van der Waals surface area contributed by atoms with Crippen LogP contribution in [0.5, 0.6) is 0 Å². The van der Waals surface area contributed by atoms with Crippen molar-refractivity contribution in [2.24, 2.45) is 0 Å². The summed E-state index contributed by atoms with van der Waals surface area (Å²) >= 11 is 0. The zero-order chi connectivity index (χ0) is 12.3. The lowest BCUT2D eigenvalue weighted by molar-refractivity contribution is 0.0886. The van der Waals surface area contributed by atoms with Crippen LogP contribution in [0.4, 0.5) is 0 Å². The van der Waals surface area contributed by atoms with Gasteiger partial charge in [-0.2, -0.15) is 0 Å². The Balaban J connectivity index is 2.09. The maximum Gasteiger partial charge on any atom is 0.253 e. The first-order chi connectivity index (χ1) is 8.11. The Labute approximate surface area is 102 Å². The number of amides is 1. The van der Waals surface area contributed by atoms with Gasteiger partial charge in [-0.05, 0) is 51.9 Å². The molecule has 2 rings (SSSR count). The average molecular weight is 233 g/mol.